The first-order chi connectivity index (χ1) is 7.95. The van der Waals surface area contributed by atoms with Gasteiger partial charge in [-0.15, -0.1) is 0 Å². The van der Waals surface area contributed by atoms with Crippen LogP contribution in [0.1, 0.15) is 27.2 Å². The molecule has 94 valence electrons. The SMILES string of the molecule is CCC(Nc1ccc([N+](=O)[O-])c(N)c1)C(C)C. The van der Waals surface area contributed by atoms with E-state index in [0.29, 0.717) is 12.0 Å². The molecule has 0 spiro atoms. The molecule has 1 atom stereocenters. The van der Waals surface area contributed by atoms with Crippen molar-refractivity contribution in [2.45, 2.75) is 33.2 Å². The number of nitrogens with two attached hydrogens (primary N) is 1. The Morgan fingerprint density at radius 3 is 2.53 bits per heavy atom. The number of hydrogen-bond acceptors (Lipinski definition) is 4. The maximum Gasteiger partial charge on any atom is 0.292 e. The molecule has 0 aliphatic rings. The molecule has 0 aliphatic heterocycles. The van der Waals surface area contributed by atoms with E-state index in [1.54, 1.807) is 12.1 Å². The molecule has 17 heavy (non-hydrogen) atoms. The van der Waals surface area contributed by atoms with E-state index in [9.17, 15) is 10.1 Å². The Labute approximate surface area is 101 Å². The fourth-order valence-electron chi connectivity index (χ4n) is 1.76. The molecule has 0 amide bonds. The average Bonchev–Trinajstić information content (AvgIpc) is 2.24. The molecule has 0 aliphatic carbocycles. The second kappa shape index (κ2) is 5.52. The molecule has 5 nitrogen and oxygen atoms in total. The molecule has 0 saturated heterocycles. The number of hydrogen-bond donors (Lipinski definition) is 2. The van der Waals surface area contributed by atoms with Crippen LogP contribution in [0, 0.1) is 16.0 Å². The number of nitro benzene ring substituents is 1. The van der Waals surface area contributed by atoms with E-state index < -0.39 is 4.92 Å². The first kappa shape index (κ1) is 13.3. The summed E-state index contributed by atoms with van der Waals surface area (Å²) in [6.45, 7) is 6.37. The Hall–Kier alpha value is -1.78. The zero-order valence-corrected chi connectivity index (χ0v) is 10.4. The molecule has 0 aromatic heterocycles. The molecule has 1 unspecified atom stereocenters. The van der Waals surface area contributed by atoms with Crippen molar-refractivity contribution in [3.05, 3.63) is 28.3 Å². The maximum absolute atomic E-state index is 10.6. The number of nitrogens with zero attached hydrogens (tertiary/aromatic N) is 1. The lowest BCUT2D eigenvalue weighted by molar-refractivity contribution is -0.383. The van der Waals surface area contributed by atoms with Crippen molar-refractivity contribution >= 4 is 17.1 Å². The van der Waals surface area contributed by atoms with Crippen molar-refractivity contribution in [3.8, 4) is 0 Å². The number of nitrogens with one attached hydrogen (secondary N) is 1. The number of rotatable bonds is 5. The van der Waals surface area contributed by atoms with E-state index in [-0.39, 0.29) is 11.4 Å². The normalized spacial score (nSPS) is 12.5. The van der Waals surface area contributed by atoms with Gasteiger partial charge in [0.1, 0.15) is 5.69 Å². The van der Waals surface area contributed by atoms with Gasteiger partial charge in [0.05, 0.1) is 4.92 Å². The summed E-state index contributed by atoms with van der Waals surface area (Å²) in [5.41, 5.74) is 6.61. The number of nitro groups is 1. The van der Waals surface area contributed by atoms with Gasteiger partial charge in [-0.25, -0.2) is 0 Å². The minimum Gasteiger partial charge on any atom is -0.393 e. The van der Waals surface area contributed by atoms with Gasteiger partial charge in [0, 0.05) is 17.8 Å². The molecule has 0 saturated carbocycles. The second-order valence-electron chi connectivity index (χ2n) is 4.43. The first-order valence-electron chi connectivity index (χ1n) is 5.76. The van der Waals surface area contributed by atoms with Gasteiger partial charge in [-0.1, -0.05) is 20.8 Å². The molecule has 1 rings (SSSR count). The minimum atomic E-state index is -0.473. The van der Waals surface area contributed by atoms with Gasteiger partial charge < -0.3 is 11.1 Å². The summed E-state index contributed by atoms with van der Waals surface area (Å²) in [5, 5.41) is 14.0. The highest BCUT2D eigenvalue weighted by molar-refractivity contribution is 5.66. The van der Waals surface area contributed by atoms with Crippen LogP contribution in [-0.2, 0) is 0 Å². The molecule has 1 aromatic rings. The Morgan fingerprint density at radius 2 is 2.12 bits per heavy atom. The van der Waals surface area contributed by atoms with Crippen LogP contribution in [0.5, 0.6) is 0 Å². The monoisotopic (exact) mass is 237 g/mol. The Morgan fingerprint density at radius 1 is 1.47 bits per heavy atom. The fraction of sp³-hybridized carbons (Fsp3) is 0.500. The summed E-state index contributed by atoms with van der Waals surface area (Å²) >= 11 is 0. The quantitative estimate of drug-likeness (QED) is 0.468. The van der Waals surface area contributed by atoms with Gasteiger partial charge in [0.15, 0.2) is 0 Å². The van der Waals surface area contributed by atoms with E-state index in [1.165, 1.54) is 6.07 Å². The van der Waals surface area contributed by atoms with E-state index >= 15 is 0 Å². The lowest BCUT2D eigenvalue weighted by atomic mass is 10.0. The fourth-order valence-corrected chi connectivity index (χ4v) is 1.76. The summed E-state index contributed by atoms with van der Waals surface area (Å²) in [6.07, 6.45) is 0.995. The Bertz CT molecular complexity index is 405. The van der Waals surface area contributed by atoms with Gasteiger partial charge in [0.2, 0.25) is 0 Å². The third-order valence-electron chi connectivity index (χ3n) is 2.82. The highest BCUT2D eigenvalue weighted by Gasteiger charge is 2.14. The second-order valence-corrected chi connectivity index (χ2v) is 4.43. The van der Waals surface area contributed by atoms with Crippen LogP contribution in [0.4, 0.5) is 17.1 Å². The molecule has 0 fully saturated rings. The van der Waals surface area contributed by atoms with Crippen molar-refractivity contribution in [2.75, 3.05) is 11.1 Å². The highest BCUT2D eigenvalue weighted by Crippen LogP contribution is 2.26. The maximum atomic E-state index is 10.6. The summed E-state index contributed by atoms with van der Waals surface area (Å²) in [4.78, 5) is 10.2. The minimum absolute atomic E-state index is 0.0480. The van der Waals surface area contributed by atoms with Crippen LogP contribution in [0.3, 0.4) is 0 Å². The average molecular weight is 237 g/mol. The van der Waals surface area contributed by atoms with Crippen molar-refractivity contribution in [2.24, 2.45) is 5.92 Å². The van der Waals surface area contributed by atoms with Gasteiger partial charge >= 0.3 is 0 Å². The van der Waals surface area contributed by atoms with Crippen LogP contribution in [0.25, 0.3) is 0 Å². The Balaban J connectivity index is 2.87. The molecule has 0 heterocycles. The van der Waals surface area contributed by atoms with Gasteiger partial charge in [-0.3, -0.25) is 10.1 Å². The molecule has 5 heteroatoms. The van der Waals surface area contributed by atoms with Crippen LogP contribution in [0.15, 0.2) is 18.2 Å². The van der Waals surface area contributed by atoms with Gasteiger partial charge in [-0.2, -0.15) is 0 Å². The van der Waals surface area contributed by atoms with Crippen LogP contribution < -0.4 is 11.1 Å². The molecular weight excluding hydrogens is 218 g/mol. The smallest absolute Gasteiger partial charge is 0.292 e. The highest BCUT2D eigenvalue weighted by atomic mass is 16.6. The lowest BCUT2D eigenvalue weighted by Gasteiger charge is -2.22. The van der Waals surface area contributed by atoms with Gasteiger partial charge in [-0.05, 0) is 24.5 Å². The summed E-state index contributed by atoms with van der Waals surface area (Å²) < 4.78 is 0. The zero-order valence-electron chi connectivity index (χ0n) is 10.4. The predicted molar refractivity (Wildman–Crippen MR) is 70.0 cm³/mol. The van der Waals surface area contributed by atoms with E-state index in [0.717, 1.165) is 12.1 Å². The van der Waals surface area contributed by atoms with Crippen molar-refractivity contribution < 1.29 is 4.92 Å². The molecule has 3 N–H and O–H groups in total. The summed E-state index contributed by atoms with van der Waals surface area (Å²) in [5.74, 6) is 0.497. The van der Waals surface area contributed by atoms with Crippen LogP contribution in [0.2, 0.25) is 0 Å². The van der Waals surface area contributed by atoms with Crippen LogP contribution >= 0.6 is 0 Å². The molecule has 1 aromatic carbocycles. The van der Waals surface area contributed by atoms with Crippen molar-refractivity contribution in [3.63, 3.8) is 0 Å². The van der Waals surface area contributed by atoms with E-state index in [1.807, 2.05) is 0 Å². The summed E-state index contributed by atoms with van der Waals surface area (Å²) in [6, 6.07) is 5.09. The third kappa shape index (κ3) is 3.34. The van der Waals surface area contributed by atoms with E-state index in [4.69, 9.17) is 5.73 Å². The largest absolute Gasteiger partial charge is 0.393 e. The van der Waals surface area contributed by atoms with Crippen molar-refractivity contribution in [1.82, 2.24) is 0 Å². The molecular formula is C12H19N3O2. The van der Waals surface area contributed by atoms with Crippen molar-refractivity contribution in [1.29, 1.82) is 0 Å². The van der Waals surface area contributed by atoms with Gasteiger partial charge in [0.25, 0.3) is 5.69 Å². The first-order valence-corrected chi connectivity index (χ1v) is 5.76. The van der Waals surface area contributed by atoms with E-state index in [2.05, 4.69) is 26.1 Å². The number of anilines is 2. The molecule has 0 bridgehead atoms. The third-order valence-corrected chi connectivity index (χ3v) is 2.82. The standard InChI is InChI=1S/C12H19N3O2/c1-4-11(8(2)3)14-9-5-6-12(15(16)17)10(13)7-9/h5-8,11,14H,4,13H2,1-3H3. The number of nitrogen functional groups attached to an aromatic ring is 1. The Kier molecular flexibility index (Phi) is 4.31. The molecule has 0 radical (unpaired) electrons. The topological polar surface area (TPSA) is 81.2 Å². The lowest BCUT2D eigenvalue weighted by Crippen LogP contribution is -2.24. The zero-order chi connectivity index (χ0) is 13.0. The number of benzene rings is 1. The van der Waals surface area contributed by atoms with Crippen LogP contribution in [-0.4, -0.2) is 11.0 Å². The summed E-state index contributed by atoms with van der Waals surface area (Å²) in [7, 11) is 0. The predicted octanol–water partition coefficient (Wildman–Crippen LogP) is 3.02.